The van der Waals surface area contributed by atoms with Crippen molar-refractivity contribution in [1.82, 2.24) is 0 Å². The Balaban J connectivity index is 1.56. The minimum absolute atomic E-state index is 0.00626. The molecule has 0 saturated heterocycles. The fourth-order valence-electron chi connectivity index (χ4n) is 5.44. The van der Waals surface area contributed by atoms with Crippen molar-refractivity contribution in [2.75, 3.05) is 6.61 Å². The van der Waals surface area contributed by atoms with E-state index in [1.807, 2.05) is 78.9 Å². The van der Waals surface area contributed by atoms with Gasteiger partial charge in [0.1, 0.15) is 12.7 Å². The standard InChI is InChI=1S/C36H35O2P/c1-29(30(2)39(37,34-24-14-6-15-25-34)35-26-16-7-17-27-35)28-38-36(31-18-8-3-9-19-31,32-20-10-4-11-21-32)33-22-12-5-13-23-33/h3-27,29-30H,28H2,1-2H3/t29-,30+/m1/s1. The van der Waals surface area contributed by atoms with Crippen molar-refractivity contribution in [3.05, 3.63) is 168 Å². The van der Waals surface area contributed by atoms with Gasteiger partial charge in [0.15, 0.2) is 0 Å². The van der Waals surface area contributed by atoms with Crippen LogP contribution in [0, 0.1) is 5.92 Å². The topological polar surface area (TPSA) is 26.3 Å². The van der Waals surface area contributed by atoms with Crippen LogP contribution in [0.2, 0.25) is 0 Å². The van der Waals surface area contributed by atoms with E-state index < -0.39 is 12.7 Å². The summed E-state index contributed by atoms with van der Waals surface area (Å²) in [4.78, 5) is 0. The van der Waals surface area contributed by atoms with Crippen LogP contribution in [0.25, 0.3) is 0 Å². The van der Waals surface area contributed by atoms with Crippen LogP contribution >= 0.6 is 7.14 Å². The van der Waals surface area contributed by atoms with E-state index in [4.69, 9.17) is 4.74 Å². The third-order valence-corrected chi connectivity index (χ3v) is 11.6. The molecule has 2 nitrogen and oxygen atoms in total. The Morgan fingerprint density at radius 1 is 0.538 bits per heavy atom. The highest BCUT2D eigenvalue weighted by Gasteiger charge is 2.41. The third-order valence-electron chi connectivity index (χ3n) is 7.78. The molecule has 2 atom stereocenters. The first-order chi connectivity index (χ1) is 19.1. The first kappa shape index (κ1) is 26.9. The summed E-state index contributed by atoms with van der Waals surface area (Å²) in [5.41, 5.74) is 2.26. The minimum atomic E-state index is -2.95. The van der Waals surface area contributed by atoms with Crippen LogP contribution in [-0.2, 0) is 14.9 Å². The lowest BCUT2D eigenvalue weighted by atomic mass is 9.80. The summed E-state index contributed by atoms with van der Waals surface area (Å²) in [6.45, 7) is 4.71. The van der Waals surface area contributed by atoms with Gasteiger partial charge in [-0.05, 0) is 22.6 Å². The largest absolute Gasteiger partial charge is 0.361 e. The highest BCUT2D eigenvalue weighted by atomic mass is 31.2. The van der Waals surface area contributed by atoms with E-state index in [-0.39, 0.29) is 11.6 Å². The molecule has 3 heteroatoms. The molecule has 0 aromatic heterocycles. The van der Waals surface area contributed by atoms with E-state index in [1.165, 1.54) is 0 Å². The zero-order chi connectivity index (χ0) is 27.1. The van der Waals surface area contributed by atoms with E-state index >= 15 is 4.57 Å². The Morgan fingerprint density at radius 2 is 0.846 bits per heavy atom. The van der Waals surface area contributed by atoms with E-state index in [1.54, 1.807) is 0 Å². The average Bonchev–Trinajstić information content (AvgIpc) is 3.03. The highest BCUT2D eigenvalue weighted by Crippen LogP contribution is 2.52. The lowest BCUT2D eigenvalue weighted by molar-refractivity contribution is -0.00523. The van der Waals surface area contributed by atoms with Crippen LogP contribution in [0.5, 0.6) is 0 Å². The zero-order valence-corrected chi connectivity index (χ0v) is 23.5. The predicted octanol–water partition coefficient (Wildman–Crippen LogP) is 8.03. The normalized spacial score (nSPS) is 13.5. The van der Waals surface area contributed by atoms with E-state index in [0.29, 0.717) is 6.61 Å². The SMILES string of the molecule is C[C@H](COC(c1ccccc1)(c1ccccc1)c1ccccc1)[C@H](C)P(=O)(c1ccccc1)c1ccccc1. The van der Waals surface area contributed by atoms with Crippen LogP contribution in [0.3, 0.4) is 0 Å². The maximum absolute atomic E-state index is 15.0. The van der Waals surface area contributed by atoms with Crippen LogP contribution in [0.1, 0.15) is 30.5 Å². The van der Waals surface area contributed by atoms with Gasteiger partial charge in [-0.25, -0.2) is 0 Å². The second-order valence-electron chi connectivity index (χ2n) is 10.1. The summed E-state index contributed by atoms with van der Waals surface area (Å²) in [5, 5.41) is 1.77. The van der Waals surface area contributed by atoms with Gasteiger partial charge in [-0.2, -0.15) is 0 Å². The van der Waals surface area contributed by atoms with Crippen LogP contribution < -0.4 is 10.6 Å². The van der Waals surface area contributed by atoms with Gasteiger partial charge < -0.3 is 9.30 Å². The Hall–Kier alpha value is -3.71. The van der Waals surface area contributed by atoms with Crippen LogP contribution in [-0.4, -0.2) is 12.3 Å². The molecule has 5 rings (SSSR count). The minimum Gasteiger partial charge on any atom is -0.361 e. The van der Waals surface area contributed by atoms with Crippen molar-refractivity contribution >= 4 is 17.8 Å². The summed E-state index contributed by atoms with van der Waals surface area (Å²) in [5.74, 6) is 0.00626. The van der Waals surface area contributed by atoms with Gasteiger partial charge in [0.2, 0.25) is 0 Å². The summed E-state index contributed by atoms with van der Waals surface area (Å²) < 4.78 is 22.2. The number of hydrogen-bond acceptors (Lipinski definition) is 2. The van der Waals surface area contributed by atoms with Gasteiger partial charge in [0.05, 0.1) is 6.61 Å². The molecule has 5 aromatic rings. The summed E-state index contributed by atoms with van der Waals surface area (Å²) in [6.07, 6.45) is 0. The van der Waals surface area contributed by atoms with Gasteiger partial charge in [0, 0.05) is 16.3 Å². The lowest BCUT2D eigenvalue weighted by Gasteiger charge is -2.38. The molecule has 0 bridgehead atoms. The molecule has 0 radical (unpaired) electrons. The molecule has 0 spiro atoms. The Morgan fingerprint density at radius 3 is 1.18 bits per heavy atom. The maximum atomic E-state index is 15.0. The lowest BCUT2D eigenvalue weighted by Crippen LogP contribution is -2.37. The zero-order valence-electron chi connectivity index (χ0n) is 22.6. The number of benzene rings is 5. The molecular weight excluding hydrogens is 495 g/mol. The number of rotatable bonds is 10. The molecule has 0 heterocycles. The predicted molar refractivity (Wildman–Crippen MR) is 164 cm³/mol. The molecule has 0 fully saturated rings. The molecular formula is C36H35O2P. The first-order valence-corrected chi connectivity index (χ1v) is 15.4. The fourth-order valence-corrected chi connectivity index (χ4v) is 8.71. The van der Waals surface area contributed by atoms with Crippen LogP contribution in [0.4, 0.5) is 0 Å². The molecule has 0 amide bonds. The van der Waals surface area contributed by atoms with Gasteiger partial charge in [-0.15, -0.1) is 0 Å². The maximum Gasteiger partial charge on any atom is 0.146 e. The van der Waals surface area contributed by atoms with Gasteiger partial charge in [0.25, 0.3) is 0 Å². The average molecular weight is 531 g/mol. The van der Waals surface area contributed by atoms with Crippen molar-refractivity contribution < 1.29 is 9.30 Å². The highest BCUT2D eigenvalue weighted by molar-refractivity contribution is 7.79. The molecule has 0 aliphatic carbocycles. The molecule has 5 aromatic carbocycles. The van der Waals surface area contributed by atoms with Crippen molar-refractivity contribution in [3.8, 4) is 0 Å². The van der Waals surface area contributed by atoms with Gasteiger partial charge in [-0.3, -0.25) is 0 Å². The van der Waals surface area contributed by atoms with E-state index in [2.05, 4.69) is 86.6 Å². The van der Waals surface area contributed by atoms with Crippen LogP contribution in [0.15, 0.2) is 152 Å². The van der Waals surface area contributed by atoms with E-state index in [9.17, 15) is 0 Å². The molecule has 0 unspecified atom stereocenters. The smallest absolute Gasteiger partial charge is 0.146 e. The second-order valence-corrected chi connectivity index (χ2v) is 13.3. The third kappa shape index (κ3) is 5.28. The second kappa shape index (κ2) is 12.0. The molecule has 0 aliphatic rings. The number of ether oxygens (including phenoxy) is 1. The Bertz CT molecular complexity index is 1350. The fraction of sp³-hybridized carbons (Fsp3) is 0.167. The van der Waals surface area contributed by atoms with Crippen molar-refractivity contribution in [2.24, 2.45) is 5.92 Å². The summed E-state index contributed by atoms with van der Waals surface area (Å²) in [7, 11) is -2.95. The summed E-state index contributed by atoms with van der Waals surface area (Å²) in [6, 6.07) is 51.1. The van der Waals surface area contributed by atoms with Gasteiger partial charge in [-0.1, -0.05) is 166 Å². The Kier molecular flexibility index (Phi) is 8.27. The molecule has 196 valence electrons. The molecule has 0 N–H and O–H groups in total. The van der Waals surface area contributed by atoms with Crippen molar-refractivity contribution in [3.63, 3.8) is 0 Å². The van der Waals surface area contributed by atoms with Gasteiger partial charge >= 0.3 is 0 Å². The molecule has 0 saturated carbocycles. The first-order valence-electron chi connectivity index (χ1n) is 13.6. The quantitative estimate of drug-likeness (QED) is 0.135. The monoisotopic (exact) mass is 530 g/mol. The van der Waals surface area contributed by atoms with Crippen molar-refractivity contribution in [1.29, 1.82) is 0 Å². The molecule has 0 aliphatic heterocycles. The molecule has 39 heavy (non-hydrogen) atoms. The van der Waals surface area contributed by atoms with E-state index in [0.717, 1.165) is 27.3 Å². The number of hydrogen-bond donors (Lipinski definition) is 0. The van der Waals surface area contributed by atoms with Crippen molar-refractivity contribution in [2.45, 2.75) is 25.1 Å². The Labute approximate surface area is 232 Å². The summed E-state index contributed by atoms with van der Waals surface area (Å²) >= 11 is 0.